The zero-order chi connectivity index (χ0) is 13.1. The Hall–Kier alpha value is -1.74. The normalized spacial score (nSPS) is 12.4. The van der Waals surface area contributed by atoms with E-state index in [-0.39, 0.29) is 5.82 Å². The van der Waals surface area contributed by atoms with Crippen molar-refractivity contribution in [3.63, 3.8) is 0 Å². The van der Waals surface area contributed by atoms with Crippen molar-refractivity contribution in [1.82, 2.24) is 4.98 Å². The molecule has 0 bridgehead atoms. The summed E-state index contributed by atoms with van der Waals surface area (Å²) in [5, 5.41) is 10.1. The smallest absolute Gasteiger partial charge is 0.123 e. The van der Waals surface area contributed by atoms with E-state index in [0.717, 1.165) is 16.8 Å². The molecule has 1 aromatic heterocycles. The first kappa shape index (κ1) is 12.7. The Kier molecular flexibility index (Phi) is 3.72. The molecule has 0 saturated carbocycles. The van der Waals surface area contributed by atoms with Gasteiger partial charge in [-0.2, -0.15) is 0 Å². The van der Waals surface area contributed by atoms with Crippen LogP contribution in [0.15, 0.2) is 36.5 Å². The van der Waals surface area contributed by atoms with Crippen LogP contribution >= 0.6 is 0 Å². The maximum absolute atomic E-state index is 13.3. The first-order valence-electron chi connectivity index (χ1n) is 5.91. The number of aliphatic hydroxyl groups excluding tert-OH is 1. The van der Waals surface area contributed by atoms with E-state index in [0.29, 0.717) is 12.0 Å². The fourth-order valence-electron chi connectivity index (χ4n) is 1.89. The number of pyridine rings is 1. The quantitative estimate of drug-likeness (QED) is 0.901. The molecule has 18 heavy (non-hydrogen) atoms. The van der Waals surface area contributed by atoms with E-state index in [1.807, 2.05) is 26.0 Å². The molecule has 0 radical (unpaired) electrons. The van der Waals surface area contributed by atoms with Crippen molar-refractivity contribution in [2.75, 3.05) is 0 Å². The van der Waals surface area contributed by atoms with Crippen LogP contribution in [-0.2, 0) is 6.42 Å². The molecule has 94 valence electrons. The molecule has 1 heterocycles. The third kappa shape index (κ3) is 3.14. The number of aryl methyl sites for hydroxylation is 2. The van der Waals surface area contributed by atoms with Crippen LogP contribution in [0.3, 0.4) is 0 Å². The van der Waals surface area contributed by atoms with Gasteiger partial charge in [0, 0.05) is 18.3 Å². The lowest BCUT2D eigenvalue weighted by Gasteiger charge is -2.11. The minimum absolute atomic E-state index is 0.319. The molecule has 3 heteroatoms. The zero-order valence-corrected chi connectivity index (χ0v) is 10.5. The molecular weight excluding hydrogens is 229 g/mol. The maximum atomic E-state index is 13.3. The standard InChI is InChI=1S/C15H16FNO/c1-10-3-4-14(17-9-10)8-15(18)12-5-11(2)6-13(16)7-12/h3-7,9,15,18H,8H2,1-2H3. The van der Waals surface area contributed by atoms with Gasteiger partial charge in [-0.3, -0.25) is 4.98 Å². The van der Waals surface area contributed by atoms with Gasteiger partial charge < -0.3 is 5.11 Å². The number of halogens is 1. The fraction of sp³-hybridized carbons (Fsp3) is 0.267. The van der Waals surface area contributed by atoms with Gasteiger partial charge in [0.15, 0.2) is 0 Å². The highest BCUT2D eigenvalue weighted by atomic mass is 19.1. The summed E-state index contributed by atoms with van der Waals surface area (Å²) in [4.78, 5) is 4.23. The highest BCUT2D eigenvalue weighted by Crippen LogP contribution is 2.20. The number of hydrogen-bond acceptors (Lipinski definition) is 2. The second kappa shape index (κ2) is 5.27. The minimum Gasteiger partial charge on any atom is -0.388 e. The van der Waals surface area contributed by atoms with Crippen molar-refractivity contribution < 1.29 is 9.50 Å². The van der Waals surface area contributed by atoms with Crippen molar-refractivity contribution in [3.8, 4) is 0 Å². The first-order chi connectivity index (χ1) is 8.54. The number of benzene rings is 1. The Bertz CT molecular complexity index is 516. The lowest BCUT2D eigenvalue weighted by Crippen LogP contribution is -2.04. The molecule has 1 atom stereocenters. The van der Waals surface area contributed by atoms with Gasteiger partial charge in [-0.05, 0) is 48.7 Å². The summed E-state index contributed by atoms with van der Waals surface area (Å²) in [6.07, 6.45) is 1.43. The summed E-state index contributed by atoms with van der Waals surface area (Å²) in [5.74, 6) is -0.319. The largest absolute Gasteiger partial charge is 0.388 e. The Labute approximate surface area is 106 Å². The summed E-state index contributed by atoms with van der Waals surface area (Å²) in [6.45, 7) is 3.77. The second-order valence-corrected chi connectivity index (χ2v) is 4.61. The molecule has 0 fully saturated rings. The summed E-state index contributed by atoms with van der Waals surface area (Å²) in [6, 6.07) is 8.44. The van der Waals surface area contributed by atoms with Crippen LogP contribution < -0.4 is 0 Å². The number of nitrogens with zero attached hydrogens (tertiary/aromatic N) is 1. The second-order valence-electron chi connectivity index (χ2n) is 4.61. The van der Waals surface area contributed by atoms with Gasteiger partial charge in [-0.1, -0.05) is 12.1 Å². The number of aromatic nitrogens is 1. The Morgan fingerprint density at radius 3 is 2.56 bits per heavy atom. The van der Waals surface area contributed by atoms with Crippen LogP contribution in [0.2, 0.25) is 0 Å². The van der Waals surface area contributed by atoms with E-state index in [9.17, 15) is 9.50 Å². The van der Waals surface area contributed by atoms with E-state index >= 15 is 0 Å². The van der Waals surface area contributed by atoms with Crippen LogP contribution in [-0.4, -0.2) is 10.1 Å². The Morgan fingerprint density at radius 2 is 1.94 bits per heavy atom. The van der Waals surface area contributed by atoms with E-state index < -0.39 is 6.10 Å². The summed E-state index contributed by atoms with van der Waals surface area (Å²) in [5.41, 5.74) is 3.28. The highest BCUT2D eigenvalue weighted by Gasteiger charge is 2.11. The summed E-state index contributed by atoms with van der Waals surface area (Å²) in [7, 11) is 0. The number of rotatable bonds is 3. The highest BCUT2D eigenvalue weighted by molar-refractivity contribution is 5.26. The minimum atomic E-state index is -0.727. The van der Waals surface area contributed by atoms with Crippen LogP contribution in [0.25, 0.3) is 0 Å². The Morgan fingerprint density at radius 1 is 1.17 bits per heavy atom. The first-order valence-corrected chi connectivity index (χ1v) is 5.91. The van der Waals surface area contributed by atoms with E-state index in [1.165, 1.54) is 12.1 Å². The average molecular weight is 245 g/mol. The monoisotopic (exact) mass is 245 g/mol. The molecule has 0 aliphatic carbocycles. The molecule has 0 aliphatic rings. The van der Waals surface area contributed by atoms with Crippen molar-refractivity contribution in [2.45, 2.75) is 26.4 Å². The molecule has 1 unspecified atom stereocenters. The van der Waals surface area contributed by atoms with Crippen LogP contribution in [0.5, 0.6) is 0 Å². The van der Waals surface area contributed by atoms with E-state index in [4.69, 9.17) is 0 Å². The molecule has 2 aromatic rings. The molecule has 0 aliphatic heterocycles. The molecular formula is C15H16FNO. The predicted molar refractivity (Wildman–Crippen MR) is 68.8 cm³/mol. The Balaban J connectivity index is 2.16. The molecule has 0 spiro atoms. The van der Waals surface area contributed by atoms with E-state index in [2.05, 4.69) is 4.98 Å². The van der Waals surface area contributed by atoms with Crippen LogP contribution in [0.1, 0.15) is 28.5 Å². The van der Waals surface area contributed by atoms with Gasteiger partial charge in [0.1, 0.15) is 5.82 Å². The van der Waals surface area contributed by atoms with Crippen molar-refractivity contribution in [2.24, 2.45) is 0 Å². The molecule has 0 saturated heterocycles. The molecule has 2 nitrogen and oxygen atoms in total. The number of aliphatic hydroxyl groups is 1. The van der Waals surface area contributed by atoms with Crippen LogP contribution in [0, 0.1) is 19.7 Å². The molecule has 2 rings (SSSR count). The van der Waals surface area contributed by atoms with Crippen LogP contribution in [0.4, 0.5) is 4.39 Å². The number of hydrogen-bond donors (Lipinski definition) is 1. The predicted octanol–water partition coefficient (Wildman–Crippen LogP) is 3.11. The van der Waals surface area contributed by atoms with Gasteiger partial charge in [-0.25, -0.2) is 4.39 Å². The lowest BCUT2D eigenvalue weighted by molar-refractivity contribution is 0.176. The molecule has 1 N–H and O–H groups in total. The summed E-state index contributed by atoms with van der Waals surface area (Å²) < 4.78 is 13.3. The van der Waals surface area contributed by atoms with Gasteiger partial charge >= 0.3 is 0 Å². The van der Waals surface area contributed by atoms with E-state index in [1.54, 1.807) is 12.3 Å². The van der Waals surface area contributed by atoms with Gasteiger partial charge in [0.25, 0.3) is 0 Å². The third-order valence-electron chi connectivity index (χ3n) is 2.82. The lowest BCUT2D eigenvalue weighted by atomic mass is 10.0. The maximum Gasteiger partial charge on any atom is 0.123 e. The summed E-state index contributed by atoms with van der Waals surface area (Å²) >= 11 is 0. The van der Waals surface area contributed by atoms with Gasteiger partial charge in [-0.15, -0.1) is 0 Å². The average Bonchev–Trinajstić information content (AvgIpc) is 2.31. The zero-order valence-electron chi connectivity index (χ0n) is 10.5. The SMILES string of the molecule is Cc1ccc(CC(O)c2cc(C)cc(F)c2)nc1. The topological polar surface area (TPSA) is 33.1 Å². The van der Waals surface area contributed by atoms with Crippen molar-refractivity contribution in [1.29, 1.82) is 0 Å². The van der Waals surface area contributed by atoms with Gasteiger partial charge in [0.05, 0.1) is 6.10 Å². The third-order valence-corrected chi connectivity index (χ3v) is 2.82. The fourth-order valence-corrected chi connectivity index (χ4v) is 1.89. The van der Waals surface area contributed by atoms with Crippen molar-refractivity contribution >= 4 is 0 Å². The molecule has 0 amide bonds. The van der Waals surface area contributed by atoms with Crippen molar-refractivity contribution in [3.05, 3.63) is 64.7 Å². The van der Waals surface area contributed by atoms with Gasteiger partial charge in [0.2, 0.25) is 0 Å². The molecule has 1 aromatic carbocycles.